The molecule has 0 saturated heterocycles. The second kappa shape index (κ2) is 8.19. The highest BCUT2D eigenvalue weighted by Crippen LogP contribution is 2.18. The summed E-state index contributed by atoms with van der Waals surface area (Å²) in [5.74, 6) is -0.403. The molecule has 3 rings (SSSR count). The Kier molecular flexibility index (Phi) is 5.52. The summed E-state index contributed by atoms with van der Waals surface area (Å²) in [5, 5.41) is 12.8. The molecule has 26 heavy (non-hydrogen) atoms. The molecule has 1 heterocycles. The van der Waals surface area contributed by atoms with Gasteiger partial charge in [-0.25, -0.2) is 0 Å². The first-order valence-electron chi connectivity index (χ1n) is 8.04. The number of halogens is 1. The topological polar surface area (TPSA) is 57.8 Å². The molecule has 0 bridgehead atoms. The van der Waals surface area contributed by atoms with E-state index in [0.717, 1.165) is 16.9 Å². The molecular formula is C21H16ClN3O. The molecule has 0 atom stereocenters. The summed E-state index contributed by atoms with van der Waals surface area (Å²) in [7, 11) is 0. The van der Waals surface area contributed by atoms with Crippen LogP contribution in [0.4, 0.5) is 0 Å². The summed E-state index contributed by atoms with van der Waals surface area (Å²) in [6.45, 7) is 0.372. The van der Waals surface area contributed by atoms with Gasteiger partial charge in [0.2, 0.25) is 0 Å². The highest BCUT2D eigenvalue weighted by atomic mass is 35.5. The second-order valence-electron chi connectivity index (χ2n) is 5.62. The van der Waals surface area contributed by atoms with E-state index in [1.165, 1.54) is 0 Å². The zero-order valence-corrected chi connectivity index (χ0v) is 14.6. The SMILES string of the molecule is N#C/C(=C/c1cccn1-c1ccc(Cl)cc1)C(=O)NCc1ccccc1. The average molecular weight is 362 g/mol. The van der Waals surface area contributed by atoms with Gasteiger partial charge >= 0.3 is 0 Å². The number of carbonyl (C=O) groups excluding carboxylic acids is 1. The molecule has 2 aromatic carbocycles. The molecule has 1 N–H and O–H groups in total. The van der Waals surface area contributed by atoms with Crippen molar-refractivity contribution in [2.75, 3.05) is 0 Å². The van der Waals surface area contributed by atoms with E-state index >= 15 is 0 Å². The molecule has 5 heteroatoms. The van der Waals surface area contributed by atoms with Gasteiger partial charge in [-0.1, -0.05) is 41.9 Å². The van der Waals surface area contributed by atoms with Crippen molar-refractivity contribution in [2.24, 2.45) is 0 Å². The number of amides is 1. The normalized spacial score (nSPS) is 11.0. The van der Waals surface area contributed by atoms with Gasteiger partial charge in [-0.2, -0.15) is 5.26 Å². The predicted octanol–water partition coefficient (Wildman–Crippen LogP) is 4.35. The summed E-state index contributed by atoms with van der Waals surface area (Å²) in [5.41, 5.74) is 2.66. The van der Waals surface area contributed by atoms with Gasteiger partial charge < -0.3 is 9.88 Å². The maximum Gasteiger partial charge on any atom is 0.262 e. The first-order valence-corrected chi connectivity index (χ1v) is 8.42. The van der Waals surface area contributed by atoms with E-state index in [1.54, 1.807) is 18.2 Å². The van der Waals surface area contributed by atoms with Crippen LogP contribution in [0, 0.1) is 11.3 Å². The van der Waals surface area contributed by atoms with Crippen molar-refractivity contribution < 1.29 is 4.79 Å². The van der Waals surface area contributed by atoms with Gasteiger partial charge in [-0.05, 0) is 48.0 Å². The zero-order chi connectivity index (χ0) is 18.4. The van der Waals surface area contributed by atoms with Crippen molar-refractivity contribution in [1.82, 2.24) is 9.88 Å². The number of benzene rings is 2. The van der Waals surface area contributed by atoms with E-state index in [2.05, 4.69) is 5.32 Å². The van der Waals surface area contributed by atoms with Gasteiger partial charge in [0.15, 0.2) is 0 Å². The van der Waals surface area contributed by atoms with Crippen LogP contribution in [0.1, 0.15) is 11.3 Å². The van der Waals surface area contributed by atoms with E-state index in [0.29, 0.717) is 11.6 Å². The monoisotopic (exact) mass is 361 g/mol. The number of carbonyl (C=O) groups is 1. The number of rotatable bonds is 5. The fourth-order valence-corrected chi connectivity index (χ4v) is 2.64. The summed E-state index contributed by atoms with van der Waals surface area (Å²) >= 11 is 5.93. The molecule has 1 amide bonds. The Labute approximate surface area is 157 Å². The molecule has 128 valence electrons. The van der Waals surface area contributed by atoms with Crippen LogP contribution in [0.25, 0.3) is 11.8 Å². The van der Waals surface area contributed by atoms with E-state index in [1.807, 2.05) is 71.4 Å². The standard InChI is InChI=1S/C21H16ClN3O/c22-18-8-10-19(11-9-18)25-12-4-7-20(25)13-17(14-23)21(26)24-15-16-5-2-1-3-6-16/h1-13H,15H2,(H,24,26)/b17-13-. The predicted molar refractivity (Wildman–Crippen MR) is 103 cm³/mol. The molecule has 0 unspecified atom stereocenters. The van der Waals surface area contributed by atoms with Crippen LogP contribution in [-0.4, -0.2) is 10.5 Å². The molecule has 4 nitrogen and oxygen atoms in total. The van der Waals surface area contributed by atoms with Crippen molar-refractivity contribution in [3.05, 3.63) is 94.8 Å². The Morgan fingerprint density at radius 1 is 1.08 bits per heavy atom. The number of nitrogens with one attached hydrogen (secondary N) is 1. The Morgan fingerprint density at radius 2 is 1.81 bits per heavy atom. The highest BCUT2D eigenvalue weighted by molar-refractivity contribution is 6.30. The molecule has 0 fully saturated rings. The lowest BCUT2D eigenvalue weighted by Gasteiger charge is -2.08. The van der Waals surface area contributed by atoms with Crippen molar-refractivity contribution in [1.29, 1.82) is 5.26 Å². The third-order valence-electron chi connectivity index (χ3n) is 3.84. The molecule has 0 spiro atoms. The fraction of sp³-hybridized carbons (Fsp3) is 0.0476. The largest absolute Gasteiger partial charge is 0.347 e. The Balaban J connectivity index is 1.79. The van der Waals surface area contributed by atoms with Gasteiger partial charge in [-0.15, -0.1) is 0 Å². The molecule has 0 radical (unpaired) electrons. The van der Waals surface area contributed by atoms with Crippen molar-refractivity contribution in [2.45, 2.75) is 6.54 Å². The van der Waals surface area contributed by atoms with Crippen LogP contribution < -0.4 is 5.32 Å². The van der Waals surface area contributed by atoms with Gasteiger partial charge in [-0.3, -0.25) is 4.79 Å². The van der Waals surface area contributed by atoms with Gasteiger partial charge in [0, 0.05) is 29.1 Å². The van der Waals surface area contributed by atoms with Gasteiger partial charge in [0.05, 0.1) is 0 Å². The summed E-state index contributed by atoms with van der Waals surface area (Å²) in [4.78, 5) is 12.3. The minimum absolute atomic E-state index is 0.0508. The molecular weight excluding hydrogens is 346 g/mol. The van der Waals surface area contributed by atoms with E-state index in [9.17, 15) is 10.1 Å². The number of nitriles is 1. The molecule has 3 aromatic rings. The summed E-state index contributed by atoms with van der Waals surface area (Å²) < 4.78 is 1.89. The number of hydrogen-bond donors (Lipinski definition) is 1. The summed E-state index contributed by atoms with van der Waals surface area (Å²) in [6, 6.07) is 22.6. The minimum Gasteiger partial charge on any atom is -0.347 e. The average Bonchev–Trinajstić information content (AvgIpc) is 3.14. The molecule has 0 aliphatic heterocycles. The van der Waals surface area contributed by atoms with E-state index in [-0.39, 0.29) is 5.57 Å². The number of nitrogens with zero attached hydrogens (tertiary/aromatic N) is 2. The molecule has 0 saturated carbocycles. The first-order chi connectivity index (χ1) is 12.7. The number of hydrogen-bond acceptors (Lipinski definition) is 2. The quantitative estimate of drug-likeness (QED) is 0.542. The maximum atomic E-state index is 12.3. The van der Waals surface area contributed by atoms with Crippen LogP contribution in [0.2, 0.25) is 5.02 Å². The third-order valence-corrected chi connectivity index (χ3v) is 4.09. The van der Waals surface area contributed by atoms with Crippen molar-refractivity contribution >= 4 is 23.6 Å². The summed E-state index contributed by atoms with van der Waals surface area (Å²) in [6.07, 6.45) is 3.45. The maximum absolute atomic E-state index is 12.3. The van der Waals surface area contributed by atoms with Crippen LogP contribution in [0.3, 0.4) is 0 Å². The van der Waals surface area contributed by atoms with E-state index in [4.69, 9.17) is 11.6 Å². The van der Waals surface area contributed by atoms with Crippen LogP contribution in [-0.2, 0) is 11.3 Å². The zero-order valence-electron chi connectivity index (χ0n) is 13.9. The molecule has 0 aliphatic carbocycles. The number of aromatic nitrogens is 1. The van der Waals surface area contributed by atoms with Crippen molar-refractivity contribution in [3.8, 4) is 11.8 Å². The highest BCUT2D eigenvalue weighted by Gasteiger charge is 2.10. The molecule has 0 aliphatic rings. The van der Waals surface area contributed by atoms with Gasteiger partial charge in [0.1, 0.15) is 11.6 Å². The van der Waals surface area contributed by atoms with E-state index < -0.39 is 5.91 Å². The lowest BCUT2D eigenvalue weighted by Crippen LogP contribution is -2.24. The Hall–Kier alpha value is -3.29. The Morgan fingerprint density at radius 3 is 2.50 bits per heavy atom. The van der Waals surface area contributed by atoms with Crippen LogP contribution >= 0.6 is 11.6 Å². The van der Waals surface area contributed by atoms with Crippen LogP contribution in [0.15, 0.2) is 78.5 Å². The van der Waals surface area contributed by atoms with Crippen LogP contribution in [0.5, 0.6) is 0 Å². The molecule has 1 aromatic heterocycles. The smallest absolute Gasteiger partial charge is 0.262 e. The third kappa shape index (κ3) is 4.21. The first kappa shape index (κ1) is 17.5. The lowest BCUT2D eigenvalue weighted by molar-refractivity contribution is -0.117. The minimum atomic E-state index is -0.403. The lowest BCUT2D eigenvalue weighted by atomic mass is 10.2. The second-order valence-corrected chi connectivity index (χ2v) is 6.05. The fourth-order valence-electron chi connectivity index (χ4n) is 2.52. The Bertz CT molecular complexity index is 966. The van der Waals surface area contributed by atoms with Crippen molar-refractivity contribution in [3.63, 3.8) is 0 Å². The van der Waals surface area contributed by atoms with Gasteiger partial charge in [0.25, 0.3) is 5.91 Å².